The molecule has 28 heavy (non-hydrogen) atoms. The topological polar surface area (TPSA) is 79.4 Å². The number of benzene rings is 2. The van der Waals surface area contributed by atoms with Gasteiger partial charge in [-0.15, -0.1) is 0 Å². The standard InChI is InChI=1S/C21H19N3O3S/c25-21(24-13-11-16-6-1-2-7-17(16)15-24)19-9-3-4-10-20(19)28(26,27)23-18-8-5-12-22-14-18/h1-10,12,14,23H,11,13,15H2. The van der Waals surface area contributed by atoms with E-state index < -0.39 is 10.0 Å². The zero-order chi connectivity index (χ0) is 19.6. The van der Waals surface area contributed by atoms with Gasteiger partial charge in [-0.25, -0.2) is 8.42 Å². The van der Waals surface area contributed by atoms with E-state index in [2.05, 4.69) is 15.8 Å². The van der Waals surface area contributed by atoms with Crippen LogP contribution in [-0.4, -0.2) is 30.8 Å². The third-order valence-corrected chi connectivity index (χ3v) is 6.18. The third kappa shape index (κ3) is 3.61. The van der Waals surface area contributed by atoms with E-state index >= 15 is 0 Å². The Balaban J connectivity index is 1.64. The quantitative estimate of drug-likeness (QED) is 0.739. The Morgan fingerprint density at radius 2 is 1.71 bits per heavy atom. The first-order valence-corrected chi connectivity index (χ1v) is 10.4. The molecule has 0 radical (unpaired) electrons. The van der Waals surface area contributed by atoms with Crippen LogP contribution in [0, 0.1) is 0 Å². The second-order valence-corrected chi connectivity index (χ2v) is 8.24. The zero-order valence-corrected chi connectivity index (χ0v) is 15.9. The summed E-state index contributed by atoms with van der Waals surface area (Å²) in [5.41, 5.74) is 2.83. The summed E-state index contributed by atoms with van der Waals surface area (Å²) in [6, 6.07) is 17.5. The predicted octanol–water partition coefficient (Wildman–Crippen LogP) is 3.08. The summed E-state index contributed by atoms with van der Waals surface area (Å²) in [6.07, 6.45) is 3.73. The first-order chi connectivity index (χ1) is 13.5. The highest BCUT2D eigenvalue weighted by Crippen LogP contribution is 2.24. The first-order valence-electron chi connectivity index (χ1n) is 8.92. The summed E-state index contributed by atoms with van der Waals surface area (Å²) in [5.74, 6) is -0.290. The number of carbonyl (C=O) groups is 1. The lowest BCUT2D eigenvalue weighted by Crippen LogP contribution is -2.36. The highest BCUT2D eigenvalue weighted by molar-refractivity contribution is 7.92. The number of sulfonamides is 1. The molecule has 2 aromatic carbocycles. The number of fused-ring (bicyclic) bond motifs is 1. The molecule has 1 aliphatic heterocycles. The molecule has 1 amide bonds. The number of hydrogen-bond acceptors (Lipinski definition) is 4. The van der Waals surface area contributed by atoms with Gasteiger partial charge in [0.05, 0.1) is 17.4 Å². The van der Waals surface area contributed by atoms with Crippen molar-refractivity contribution in [2.75, 3.05) is 11.3 Å². The average molecular weight is 393 g/mol. The first kappa shape index (κ1) is 18.2. The van der Waals surface area contributed by atoms with Crippen molar-refractivity contribution in [2.45, 2.75) is 17.9 Å². The van der Waals surface area contributed by atoms with Crippen molar-refractivity contribution in [2.24, 2.45) is 0 Å². The number of pyridine rings is 1. The molecule has 0 bridgehead atoms. The fraction of sp³-hybridized carbons (Fsp3) is 0.143. The Hall–Kier alpha value is -3.19. The third-order valence-electron chi connectivity index (χ3n) is 4.74. The maximum Gasteiger partial charge on any atom is 0.262 e. The number of amides is 1. The van der Waals surface area contributed by atoms with Crippen molar-refractivity contribution in [3.8, 4) is 0 Å². The van der Waals surface area contributed by atoms with Gasteiger partial charge in [-0.3, -0.25) is 14.5 Å². The van der Waals surface area contributed by atoms with Crippen LogP contribution in [-0.2, 0) is 23.0 Å². The van der Waals surface area contributed by atoms with E-state index in [1.807, 2.05) is 18.2 Å². The van der Waals surface area contributed by atoms with E-state index in [0.29, 0.717) is 18.8 Å². The van der Waals surface area contributed by atoms with Crippen LogP contribution in [0.15, 0.2) is 78.0 Å². The van der Waals surface area contributed by atoms with Crippen molar-refractivity contribution in [1.29, 1.82) is 0 Å². The van der Waals surface area contributed by atoms with Crippen LogP contribution in [0.5, 0.6) is 0 Å². The highest BCUT2D eigenvalue weighted by atomic mass is 32.2. The number of carbonyl (C=O) groups excluding carboxylic acids is 1. The minimum Gasteiger partial charge on any atom is -0.334 e. The molecular formula is C21H19N3O3S. The Bertz CT molecular complexity index is 1110. The molecule has 0 aliphatic carbocycles. The Morgan fingerprint density at radius 1 is 0.964 bits per heavy atom. The number of rotatable bonds is 4. The van der Waals surface area contributed by atoms with Gasteiger partial charge < -0.3 is 4.90 Å². The molecule has 6 nitrogen and oxygen atoms in total. The maximum atomic E-state index is 13.2. The Morgan fingerprint density at radius 3 is 2.50 bits per heavy atom. The van der Waals surface area contributed by atoms with E-state index in [-0.39, 0.29) is 16.4 Å². The Kier molecular flexibility index (Phi) is 4.83. The van der Waals surface area contributed by atoms with Gasteiger partial charge >= 0.3 is 0 Å². The molecule has 1 N–H and O–H groups in total. The van der Waals surface area contributed by atoms with E-state index in [1.54, 1.807) is 41.4 Å². The van der Waals surface area contributed by atoms with Crippen LogP contribution in [0.4, 0.5) is 5.69 Å². The molecule has 3 aromatic rings. The van der Waals surface area contributed by atoms with Gasteiger partial charge in [0, 0.05) is 19.3 Å². The normalized spacial score (nSPS) is 13.6. The van der Waals surface area contributed by atoms with E-state index in [0.717, 1.165) is 12.0 Å². The molecule has 0 spiro atoms. The minimum atomic E-state index is -3.93. The molecule has 142 valence electrons. The second-order valence-electron chi connectivity index (χ2n) is 6.59. The van der Waals surface area contributed by atoms with Crippen LogP contribution in [0.25, 0.3) is 0 Å². The highest BCUT2D eigenvalue weighted by Gasteiger charge is 2.27. The fourth-order valence-corrected chi connectivity index (χ4v) is 4.59. The number of anilines is 1. The van der Waals surface area contributed by atoms with Crippen molar-refractivity contribution in [3.63, 3.8) is 0 Å². The summed E-state index contributed by atoms with van der Waals surface area (Å²) in [7, 11) is -3.93. The van der Waals surface area contributed by atoms with Gasteiger partial charge in [0.2, 0.25) is 0 Å². The smallest absolute Gasteiger partial charge is 0.262 e. The van der Waals surface area contributed by atoms with Crippen LogP contribution in [0.1, 0.15) is 21.5 Å². The van der Waals surface area contributed by atoms with Crippen LogP contribution < -0.4 is 4.72 Å². The maximum absolute atomic E-state index is 13.2. The molecule has 1 aromatic heterocycles. The molecule has 0 fully saturated rings. The summed E-state index contributed by atoms with van der Waals surface area (Å²) in [5, 5.41) is 0. The lowest BCUT2D eigenvalue weighted by Gasteiger charge is -2.29. The van der Waals surface area contributed by atoms with Gasteiger partial charge in [-0.1, -0.05) is 36.4 Å². The van der Waals surface area contributed by atoms with E-state index in [1.165, 1.54) is 17.8 Å². The molecule has 7 heteroatoms. The van der Waals surface area contributed by atoms with Gasteiger partial charge in [0.25, 0.3) is 15.9 Å². The van der Waals surface area contributed by atoms with Crippen molar-refractivity contribution in [1.82, 2.24) is 9.88 Å². The summed E-state index contributed by atoms with van der Waals surface area (Å²) in [6.45, 7) is 1.03. The molecular weight excluding hydrogens is 374 g/mol. The van der Waals surface area contributed by atoms with Gasteiger partial charge in [-0.2, -0.15) is 0 Å². The van der Waals surface area contributed by atoms with E-state index in [9.17, 15) is 13.2 Å². The Labute approximate surface area is 163 Å². The van der Waals surface area contributed by atoms with Crippen LogP contribution >= 0.6 is 0 Å². The van der Waals surface area contributed by atoms with Crippen LogP contribution in [0.2, 0.25) is 0 Å². The molecule has 2 heterocycles. The molecule has 4 rings (SSSR count). The van der Waals surface area contributed by atoms with Crippen molar-refractivity contribution in [3.05, 3.63) is 89.7 Å². The van der Waals surface area contributed by atoms with Gasteiger partial charge in [0.1, 0.15) is 4.90 Å². The molecule has 1 aliphatic rings. The molecule has 0 saturated carbocycles. The lowest BCUT2D eigenvalue weighted by atomic mass is 9.99. The molecule has 0 saturated heterocycles. The molecule has 0 atom stereocenters. The van der Waals surface area contributed by atoms with Gasteiger partial charge in [0.15, 0.2) is 0 Å². The summed E-state index contributed by atoms with van der Waals surface area (Å²) >= 11 is 0. The van der Waals surface area contributed by atoms with Crippen LogP contribution in [0.3, 0.4) is 0 Å². The minimum absolute atomic E-state index is 0.0392. The number of aromatic nitrogens is 1. The monoisotopic (exact) mass is 393 g/mol. The van der Waals surface area contributed by atoms with Gasteiger partial charge in [-0.05, 0) is 41.8 Å². The number of nitrogens with one attached hydrogen (secondary N) is 1. The summed E-state index contributed by atoms with van der Waals surface area (Å²) in [4.78, 5) is 18.7. The predicted molar refractivity (Wildman–Crippen MR) is 106 cm³/mol. The lowest BCUT2D eigenvalue weighted by molar-refractivity contribution is 0.0731. The van der Waals surface area contributed by atoms with Crippen molar-refractivity contribution < 1.29 is 13.2 Å². The fourth-order valence-electron chi connectivity index (χ4n) is 3.35. The average Bonchev–Trinajstić information content (AvgIpc) is 2.73. The molecule has 0 unspecified atom stereocenters. The summed E-state index contributed by atoms with van der Waals surface area (Å²) < 4.78 is 28.3. The SMILES string of the molecule is O=C(c1ccccc1S(=O)(=O)Nc1cccnc1)N1CCc2ccccc2C1. The second kappa shape index (κ2) is 7.44. The number of nitrogens with zero attached hydrogens (tertiary/aromatic N) is 2. The van der Waals surface area contributed by atoms with E-state index in [4.69, 9.17) is 0 Å². The largest absolute Gasteiger partial charge is 0.334 e. The van der Waals surface area contributed by atoms with Crippen molar-refractivity contribution >= 4 is 21.6 Å². The zero-order valence-electron chi connectivity index (χ0n) is 15.1. The number of hydrogen-bond donors (Lipinski definition) is 1.